The topological polar surface area (TPSA) is 59.3 Å². The first-order valence-corrected chi connectivity index (χ1v) is 8.99. The molecule has 2 aromatic heterocycles. The molecule has 2 heterocycles. The van der Waals surface area contributed by atoms with Gasteiger partial charge in [-0.15, -0.1) is 13.2 Å². The molecule has 0 amide bonds. The molecule has 29 heavy (non-hydrogen) atoms. The van der Waals surface area contributed by atoms with Crippen LogP contribution in [0.4, 0.5) is 19.0 Å². The second kappa shape index (κ2) is 7.29. The Morgan fingerprint density at radius 3 is 2.59 bits per heavy atom. The lowest BCUT2D eigenvalue weighted by Crippen LogP contribution is -2.17. The lowest BCUT2D eigenvalue weighted by molar-refractivity contribution is -0.274. The van der Waals surface area contributed by atoms with Crippen LogP contribution >= 0.6 is 0 Å². The number of aromatic nitrogens is 2. The van der Waals surface area contributed by atoms with E-state index in [1.807, 2.05) is 48.0 Å². The lowest BCUT2D eigenvalue weighted by atomic mass is 10.1. The van der Waals surface area contributed by atoms with Crippen molar-refractivity contribution >= 4 is 27.6 Å². The molecule has 0 bridgehead atoms. The number of fused-ring (bicyclic) bond motifs is 3. The van der Waals surface area contributed by atoms with Gasteiger partial charge in [0.1, 0.15) is 11.3 Å². The molecule has 0 aliphatic heterocycles. The maximum Gasteiger partial charge on any atom is 0.573 e. The SMILES string of the molecule is Cc1ccccc1-n1ccc2c(NCCO)nc3c(OC(F)(F)F)cccc3c21. The molecule has 0 aliphatic carbocycles. The predicted octanol–water partition coefficient (Wildman–Crippen LogP) is 4.79. The van der Waals surface area contributed by atoms with Crippen LogP contribution in [0.25, 0.3) is 27.5 Å². The molecular weight excluding hydrogens is 383 g/mol. The summed E-state index contributed by atoms with van der Waals surface area (Å²) < 4.78 is 44.9. The number of aryl methyl sites for hydroxylation is 1. The van der Waals surface area contributed by atoms with Gasteiger partial charge in [-0.2, -0.15) is 0 Å². The van der Waals surface area contributed by atoms with Crippen molar-refractivity contribution in [1.82, 2.24) is 9.55 Å². The summed E-state index contributed by atoms with van der Waals surface area (Å²) in [6.07, 6.45) is -2.98. The second-order valence-corrected chi connectivity index (χ2v) is 6.55. The maximum atomic E-state index is 12.9. The molecule has 8 heteroatoms. The van der Waals surface area contributed by atoms with E-state index < -0.39 is 6.36 Å². The van der Waals surface area contributed by atoms with Crippen LogP contribution < -0.4 is 10.1 Å². The van der Waals surface area contributed by atoms with E-state index in [2.05, 4.69) is 15.0 Å². The third kappa shape index (κ3) is 3.58. The number of halogens is 3. The second-order valence-electron chi connectivity index (χ2n) is 6.55. The Morgan fingerprint density at radius 2 is 1.86 bits per heavy atom. The molecule has 5 nitrogen and oxygen atoms in total. The molecule has 0 saturated heterocycles. The van der Waals surface area contributed by atoms with E-state index in [1.165, 1.54) is 12.1 Å². The summed E-state index contributed by atoms with van der Waals surface area (Å²) in [5.74, 6) is 0.00795. The van der Waals surface area contributed by atoms with Gasteiger partial charge in [0.15, 0.2) is 5.75 Å². The molecule has 0 saturated carbocycles. The molecule has 4 rings (SSSR count). The van der Waals surface area contributed by atoms with E-state index in [-0.39, 0.29) is 24.4 Å². The van der Waals surface area contributed by atoms with Crippen molar-refractivity contribution in [1.29, 1.82) is 0 Å². The molecule has 0 radical (unpaired) electrons. The Hall–Kier alpha value is -3.26. The van der Waals surface area contributed by atoms with Crippen molar-refractivity contribution in [2.24, 2.45) is 0 Å². The average molecular weight is 401 g/mol. The highest BCUT2D eigenvalue weighted by Crippen LogP contribution is 2.37. The lowest BCUT2D eigenvalue weighted by Gasteiger charge is -2.15. The van der Waals surface area contributed by atoms with Crippen LogP contribution in [0.3, 0.4) is 0 Å². The average Bonchev–Trinajstić information content (AvgIpc) is 3.11. The fraction of sp³-hybridized carbons (Fsp3) is 0.190. The van der Waals surface area contributed by atoms with Gasteiger partial charge < -0.3 is 19.7 Å². The minimum Gasteiger partial charge on any atom is -0.403 e. The van der Waals surface area contributed by atoms with Crippen molar-refractivity contribution < 1.29 is 23.0 Å². The van der Waals surface area contributed by atoms with Crippen molar-refractivity contribution in [3.63, 3.8) is 0 Å². The first-order valence-electron chi connectivity index (χ1n) is 8.99. The van der Waals surface area contributed by atoms with E-state index in [9.17, 15) is 18.3 Å². The summed E-state index contributed by atoms with van der Waals surface area (Å²) in [5.41, 5.74) is 2.72. The maximum absolute atomic E-state index is 12.9. The number of pyridine rings is 1. The van der Waals surface area contributed by atoms with E-state index in [0.29, 0.717) is 16.7 Å². The van der Waals surface area contributed by atoms with Gasteiger partial charge in [0.25, 0.3) is 0 Å². The van der Waals surface area contributed by atoms with Crippen molar-refractivity contribution in [2.75, 3.05) is 18.5 Å². The minimum atomic E-state index is -4.83. The predicted molar refractivity (Wildman–Crippen MR) is 106 cm³/mol. The smallest absolute Gasteiger partial charge is 0.403 e. The van der Waals surface area contributed by atoms with Crippen molar-refractivity contribution in [3.05, 3.63) is 60.3 Å². The number of aliphatic hydroxyl groups is 1. The summed E-state index contributed by atoms with van der Waals surface area (Å²) in [6, 6.07) is 14.1. The summed E-state index contributed by atoms with van der Waals surface area (Å²) in [4.78, 5) is 4.39. The first kappa shape index (κ1) is 19.1. The van der Waals surface area contributed by atoms with Gasteiger partial charge in [0.2, 0.25) is 0 Å². The van der Waals surface area contributed by atoms with Gasteiger partial charge in [0, 0.05) is 29.2 Å². The Kier molecular flexibility index (Phi) is 4.79. The van der Waals surface area contributed by atoms with Gasteiger partial charge in [-0.1, -0.05) is 30.3 Å². The van der Waals surface area contributed by atoms with Crippen LogP contribution in [-0.4, -0.2) is 34.2 Å². The normalized spacial score (nSPS) is 11.9. The van der Waals surface area contributed by atoms with Gasteiger partial charge in [-0.3, -0.25) is 0 Å². The van der Waals surface area contributed by atoms with Crippen LogP contribution in [0.2, 0.25) is 0 Å². The number of hydrogen-bond donors (Lipinski definition) is 2. The Balaban J connectivity index is 2.05. The summed E-state index contributed by atoms with van der Waals surface area (Å²) in [6.45, 7) is 2.04. The molecular formula is C21H18F3N3O2. The summed E-state index contributed by atoms with van der Waals surface area (Å²) in [5, 5.41) is 13.4. The Labute approximate surface area is 164 Å². The molecule has 0 unspecified atom stereocenters. The molecule has 0 fully saturated rings. The van der Waals surface area contributed by atoms with Gasteiger partial charge in [0.05, 0.1) is 12.1 Å². The van der Waals surface area contributed by atoms with Gasteiger partial charge in [-0.25, -0.2) is 4.98 Å². The number of ether oxygens (including phenoxy) is 1. The van der Waals surface area contributed by atoms with Crippen LogP contribution in [0, 0.1) is 6.92 Å². The molecule has 0 spiro atoms. The standard InChI is InChI=1S/C21H18F3N3O2/c1-13-5-2-3-7-16(13)27-11-9-15-19(27)14-6-4-8-17(29-21(22,23)24)18(14)26-20(15)25-10-12-28/h2-9,11,28H,10,12H2,1H3,(H,25,26). The minimum absolute atomic E-state index is 0.0892. The van der Waals surface area contributed by atoms with Crippen molar-refractivity contribution in [2.45, 2.75) is 13.3 Å². The van der Waals surface area contributed by atoms with E-state index in [1.54, 1.807) is 6.07 Å². The van der Waals surface area contributed by atoms with E-state index >= 15 is 0 Å². The molecule has 2 N–H and O–H groups in total. The molecule has 0 aliphatic rings. The largest absolute Gasteiger partial charge is 0.573 e. The molecule has 0 atom stereocenters. The number of para-hydroxylation sites is 2. The van der Waals surface area contributed by atoms with Crippen LogP contribution in [0.5, 0.6) is 5.75 Å². The highest BCUT2D eigenvalue weighted by atomic mass is 19.4. The summed E-state index contributed by atoms with van der Waals surface area (Å²) >= 11 is 0. The number of alkyl halides is 3. The van der Waals surface area contributed by atoms with Crippen LogP contribution in [-0.2, 0) is 0 Å². The van der Waals surface area contributed by atoms with E-state index in [0.717, 1.165) is 16.6 Å². The highest BCUT2D eigenvalue weighted by Gasteiger charge is 2.32. The third-order valence-corrected chi connectivity index (χ3v) is 4.62. The number of rotatable bonds is 5. The first-order chi connectivity index (χ1) is 13.9. The number of nitrogens with one attached hydrogen (secondary N) is 1. The third-order valence-electron chi connectivity index (χ3n) is 4.62. The van der Waals surface area contributed by atoms with Crippen LogP contribution in [0.1, 0.15) is 5.56 Å². The number of anilines is 1. The summed E-state index contributed by atoms with van der Waals surface area (Å²) in [7, 11) is 0. The quantitative estimate of drug-likeness (QED) is 0.505. The Morgan fingerprint density at radius 1 is 1.07 bits per heavy atom. The van der Waals surface area contributed by atoms with Crippen molar-refractivity contribution in [3.8, 4) is 11.4 Å². The zero-order valence-corrected chi connectivity index (χ0v) is 15.5. The number of nitrogens with zero attached hydrogens (tertiary/aromatic N) is 2. The fourth-order valence-electron chi connectivity index (χ4n) is 3.45. The van der Waals surface area contributed by atoms with Gasteiger partial charge in [-0.05, 0) is 30.7 Å². The highest BCUT2D eigenvalue weighted by molar-refractivity contribution is 6.10. The molecule has 2 aromatic carbocycles. The molecule has 150 valence electrons. The molecule has 4 aromatic rings. The monoisotopic (exact) mass is 401 g/mol. The zero-order chi connectivity index (χ0) is 20.6. The number of aliphatic hydroxyl groups excluding tert-OH is 1. The fourth-order valence-corrected chi connectivity index (χ4v) is 3.45. The zero-order valence-electron chi connectivity index (χ0n) is 15.5. The van der Waals surface area contributed by atoms with Crippen LogP contribution in [0.15, 0.2) is 54.7 Å². The number of benzene rings is 2. The number of hydrogen-bond acceptors (Lipinski definition) is 4. The van der Waals surface area contributed by atoms with E-state index in [4.69, 9.17) is 0 Å². The Bertz CT molecular complexity index is 1190. The van der Waals surface area contributed by atoms with Gasteiger partial charge >= 0.3 is 6.36 Å².